The normalized spacial score (nSPS) is 15.8. The molecule has 0 aromatic heterocycles. The Balaban J connectivity index is 1.76. The van der Waals surface area contributed by atoms with Gasteiger partial charge in [-0.3, -0.25) is 0 Å². The minimum atomic E-state index is 0.179. The van der Waals surface area contributed by atoms with Crippen molar-refractivity contribution in [2.75, 3.05) is 31.2 Å². The second kappa shape index (κ2) is 6.49. The highest BCUT2D eigenvalue weighted by Gasteiger charge is 2.10. The standard InChI is InChI=1S/C17H19N3O2/c18-17(13-2-1-3-16(21)12-13)19-14-4-6-15(7-5-14)20-8-10-22-11-9-20/h1-7,12,21H,8-11H2,(H2,18,19). The molecule has 1 aliphatic heterocycles. The van der Waals surface area contributed by atoms with Crippen LogP contribution in [0.25, 0.3) is 0 Å². The van der Waals surface area contributed by atoms with Gasteiger partial charge in [0.05, 0.1) is 18.9 Å². The predicted octanol–water partition coefficient (Wildman–Crippen LogP) is 2.27. The molecule has 0 saturated carbocycles. The van der Waals surface area contributed by atoms with Crippen LogP contribution in [0.5, 0.6) is 5.75 Å². The number of phenols is 1. The van der Waals surface area contributed by atoms with Crippen molar-refractivity contribution in [2.24, 2.45) is 10.7 Å². The Labute approximate surface area is 129 Å². The molecular formula is C17H19N3O2. The quantitative estimate of drug-likeness (QED) is 0.673. The Morgan fingerprint density at radius 2 is 1.82 bits per heavy atom. The first-order chi connectivity index (χ1) is 10.7. The molecule has 5 nitrogen and oxygen atoms in total. The molecule has 0 radical (unpaired) electrons. The van der Waals surface area contributed by atoms with Gasteiger partial charge in [0.15, 0.2) is 0 Å². The van der Waals surface area contributed by atoms with E-state index in [1.54, 1.807) is 18.2 Å². The smallest absolute Gasteiger partial charge is 0.131 e. The fourth-order valence-electron chi connectivity index (χ4n) is 2.43. The maximum absolute atomic E-state index is 9.48. The average Bonchev–Trinajstić information content (AvgIpc) is 2.56. The number of benzene rings is 2. The molecule has 2 aromatic rings. The lowest BCUT2D eigenvalue weighted by atomic mass is 10.2. The van der Waals surface area contributed by atoms with Crippen molar-refractivity contribution in [3.8, 4) is 5.75 Å². The molecule has 0 bridgehead atoms. The Morgan fingerprint density at radius 3 is 2.50 bits per heavy atom. The Bertz CT molecular complexity index is 662. The number of nitrogens with zero attached hydrogens (tertiary/aromatic N) is 2. The van der Waals surface area contributed by atoms with Crippen molar-refractivity contribution >= 4 is 17.2 Å². The average molecular weight is 297 g/mol. The van der Waals surface area contributed by atoms with Crippen molar-refractivity contribution in [1.29, 1.82) is 0 Å². The number of ether oxygens (including phenoxy) is 1. The second-order valence-corrected chi connectivity index (χ2v) is 5.16. The summed E-state index contributed by atoms with van der Waals surface area (Å²) >= 11 is 0. The Kier molecular flexibility index (Phi) is 4.25. The Morgan fingerprint density at radius 1 is 1.09 bits per heavy atom. The van der Waals surface area contributed by atoms with E-state index in [4.69, 9.17) is 10.5 Å². The van der Waals surface area contributed by atoms with Gasteiger partial charge in [0, 0.05) is 24.3 Å². The fourth-order valence-corrected chi connectivity index (χ4v) is 2.43. The van der Waals surface area contributed by atoms with E-state index < -0.39 is 0 Å². The third-order valence-corrected chi connectivity index (χ3v) is 3.62. The Hall–Kier alpha value is -2.53. The van der Waals surface area contributed by atoms with Gasteiger partial charge in [-0.25, -0.2) is 4.99 Å². The minimum Gasteiger partial charge on any atom is -0.508 e. The van der Waals surface area contributed by atoms with Crippen LogP contribution in [-0.2, 0) is 4.74 Å². The first-order valence-electron chi connectivity index (χ1n) is 7.29. The van der Waals surface area contributed by atoms with Crippen LogP contribution in [0.1, 0.15) is 5.56 Å². The number of aliphatic imine (C=N–C) groups is 1. The van der Waals surface area contributed by atoms with Crippen LogP contribution in [0.2, 0.25) is 0 Å². The van der Waals surface area contributed by atoms with Crippen LogP contribution >= 0.6 is 0 Å². The molecule has 1 heterocycles. The number of hydrogen-bond donors (Lipinski definition) is 2. The number of hydrogen-bond acceptors (Lipinski definition) is 4. The van der Waals surface area contributed by atoms with Gasteiger partial charge in [-0.1, -0.05) is 12.1 Å². The van der Waals surface area contributed by atoms with Gasteiger partial charge in [-0.15, -0.1) is 0 Å². The van der Waals surface area contributed by atoms with Crippen LogP contribution < -0.4 is 10.6 Å². The summed E-state index contributed by atoms with van der Waals surface area (Å²) in [6.45, 7) is 3.36. The third-order valence-electron chi connectivity index (χ3n) is 3.62. The van der Waals surface area contributed by atoms with Gasteiger partial charge in [-0.05, 0) is 36.4 Å². The molecule has 1 fully saturated rings. The van der Waals surface area contributed by atoms with Crippen LogP contribution in [0.15, 0.2) is 53.5 Å². The number of amidine groups is 1. The van der Waals surface area contributed by atoms with Gasteiger partial charge >= 0.3 is 0 Å². The lowest BCUT2D eigenvalue weighted by molar-refractivity contribution is 0.122. The van der Waals surface area contributed by atoms with Crippen LogP contribution in [0.3, 0.4) is 0 Å². The van der Waals surface area contributed by atoms with E-state index in [9.17, 15) is 5.11 Å². The van der Waals surface area contributed by atoms with E-state index in [1.807, 2.05) is 30.3 Å². The number of morpholine rings is 1. The molecule has 0 unspecified atom stereocenters. The zero-order valence-electron chi connectivity index (χ0n) is 12.3. The van der Waals surface area contributed by atoms with Crippen molar-refractivity contribution < 1.29 is 9.84 Å². The molecule has 3 rings (SSSR count). The number of anilines is 1. The summed E-state index contributed by atoms with van der Waals surface area (Å²) in [5, 5.41) is 9.48. The monoisotopic (exact) mass is 297 g/mol. The molecule has 22 heavy (non-hydrogen) atoms. The van der Waals surface area contributed by atoms with Crippen LogP contribution in [0, 0.1) is 0 Å². The first-order valence-corrected chi connectivity index (χ1v) is 7.29. The topological polar surface area (TPSA) is 71.1 Å². The second-order valence-electron chi connectivity index (χ2n) is 5.16. The fraction of sp³-hybridized carbons (Fsp3) is 0.235. The molecule has 0 spiro atoms. The van der Waals surface area contributed by atoms with Crippen molar-refractivity contribution in [2.45, 2.75) is 0 Å². The number of aromatic hydroxyl groups is 1. The highest BCUT2D eigenvalue weighted by atomic mass is 16.5. The zero-order chi connectivity index (χ0) is 15.4. The van der Waals surface area contributed by atoms with Gasteiger partial charge in [-0.2, -0.15) is 0 Å². The number of nitrogens with two attached hydrogens (primary N) is 1. The van der Waals surface area contributed by atoms with E-state index in [0.29, 0.717) is 11.4 Å². The minimum absolute atomic E-state index is 0.179. The van der Waals surface area contributed by atoms with Gasteiger partial charge in [0.1, 0.15) is 11.6 Å². The van der Waals surface area contributed by atoms with Gasteiger partial charge < -0.3 is 20.5 Å². The largest absolute Gasteiger partial charge is 0.508 e. The van der Waals surface area contributed by atoms with Crippen LogP contribution in [-0.4, -0.2) is 37.2 Å². The van der Waals surface area contributed by atoms with Crippen LogP contribution in [0.4, 0.5) is 11.4 Å². The lowest BCUT2D eigenvalue weighted by Crippen LogP contribution is -2.36. The van der Waals surface area contributed by atoms with E-state index in [2.05, 4.69) is 9.89 Å². The summed E-state index contributed by atoms with van der Waals surface area (Å²) in [4.78, 5) is 6.68. The molecule has 114 valence electrons. The van der Waals surface area contributed by atoms with Crippen molar-refractivity contribution in [3.05, 3.63) is 54.1 Å². The molecule has 0 aliphatic carbocycles. The summed E-state index contributed by atoms with van der Waals surface area (Å²) in [5.74, 6) is 0.563. The first kappa shape index (κ1) is 14.4. The summed E-state index contributed by atoms with van der Waals surface area (Å²) in [6.07, 6.45) is 0. The van der Waals surface area contributed by atoms with E-state index in [0.717, 1.165) is 37.7 Å². The zero-order valence-corrected chi connectivity index (χ0v) is 12.3. The molecular weight excluding hydrogens is 278 g/mol. The SMILES string of the molecule is NC(=Nc1ccc(N2CCOCC2)cc1)c1cccc(O)c1. The molecule has 2 aromatic carbocycles. The highest BCUT2D eigenvalue weighted by molar-refractivity contribution is 5.99. The summed E-state index contributed by atoms with van der Waals surface area (Å²) in [5.41, 5.74) is 8.65. The van der Waals surface area contributed by atoms with E-state index in [1.165, 1.54) is 0 Å². The van der Waals surface area contributed by atoms with Gasteiger partial charge in [0.25, 0.3) is 0 Å². The molecule has 3 N–H and O–H groups in total. The molecule has 1 aliphatic rings. The molecule has 1 saturated heterocycles. The maximum Gasteiger partial charge on any atom is 0.131 e. The van der Waals surface area contributed by atoms with Gasteiger partial charge in [0.2, 0.25) is 0 Å². The molecule has 0 amide bonds. The van der Waals surface area contributed by atoms with Crippen molar-refractivity contribution in [3.63, 3.8) is 0 Å². The molecule has 0 atom stereocenters. The number of rotatable bonds is 3. The summed E-state index contributed by atoms with van der Waals surface area (Å²) in [7, 11) is 0. The third kappa shape index (κ3) is 3.38. The maximum atomic E-state index is 9.48. The van der Waals surface area contributed by atoms with Crippen molar-refractivity contribution in [1.82, 2.24) is 0 Å². The summed E-state index contributed by atoms with van der Waals surface area (Å²) < 4.78 is 5.36. The lowest BCUT2D eigenvalue weighted by Gasteiger charge is -2.28. The molecule has 5 heteroatoms. The van der Waals surface area contributed by atoms with E-state index >= 15 is 0 Å². The van der Waals surface area contributed by atoms with E-state index in [-0.39, 0.29) is 5.75 Å². The predicted molar refractivity (Wildman–Crippen MR) is 88.0 cm³/mol. The summed E-state index contributed by atoms with van der Waals surface area (Å²) in [6, 6.07) is 14.7. The highest BCUT2D eigenvalue weighted by Crippen LogP contribution is 2.21. The number of phenolic OH excluding ortho intramolecular Hbond substituents is 1.